The number of nitrogens with one attached hydrogen (secondary N) is 2. The number of aromatic nitrogens is 2. The summed E-state index contributed by atoms with van der Waals surface area (Å²) >= 11 is 1.35. The highest BCUT2D eigenvalue weighted by molar-refractivity contribution is 8.00. The lowest BCUT2D eigenvalue weighted by Crippen LogP contribution is -2.14. The standard InChI is InChI=1S/C27H25N3O5S/c1-16-4-6-17(7-5-16)26-29-25(18-8-10-20(32-2)22(12-18)33-3)27(30-26)36-14-24(31)28-19-9-11-21-23(13-19)35-15-34-21/h4-13H,14-15H2,1-3H3,(H,28,31)(H,29,30). The van der Waals surface area contributed by atoms with Gasteiger partial charge in [0.2, 0.25) is 12.7 Å². The van der Waals surface area contributed by atoms with Gasteiger partial charge in [-0.05, 0) is 37.3 Å². The Kier molecular flexibility index (Phi) is 6.73. The average Bonchev–Trinajstić information content (AvgIpc) is 3.54. The van der Waals surface area contributed by atoms with Crippen LogP contribution in [-0.4, -0.2) is 42.6 Å². The monoisotopic (exact) mass is 503 g/mol. The summed E-state index contributed by atoms with van der Waals surface area (Å²) in [5.74, 6) is 3.27. The van der Waals surface area contributed by atoms with Gasteiger partial charge in [0.25, 0.3) is 0 Å². The lowest BCUT2D eigenvalue weighted by Gasteiger charge is -2.10. The quantitative estimate of drug-likeness (QED) is 0.305. The number of methoxy groups -OCH3 is 2. The minimum absolute atomic E-state index is 0.156. The minimum Gasteiger partial charge on any atom is -0.493 e. The molecule has 0 spiro atoms. The number of amides is 1. The maximum absolute atomic E-state index is 12.8. The van der Waals surface area contributed by atoms with Crippen molar-refractivity contribution in [2.45, 2.75) is 11.9 Å². The number of aromatic amines is 1. The molecule has 1 aliphatic rings. The first kappa shape index (κ1) is 23.6. The van der Waals surface area contributed by atoms with Crippen LogP contribution in [0.5, 0.6) is 23.0 Å². The number of imidazole rings is 1. The van der Waals surface area contributed by atoms with Crippen LogP contribution in [0.1, 0.15) is 5.56 Å². The molecule has 0 radical (unpaired) electrons. The van der Waals surface area contributed by atoms with Crippen molar-refractivity contribution >= 4 is 23.4 Å². The second-order valence-electron chi connectivity index (χ2n) is 8.11. The fraction of sp³-hybridized carbons (Fsp3) is 0.185. The highest BCUT2D eigenvalue weighted by Gasteiger charge is 2.18. The van der Waals surface area contributed by atoms with Gasteiger partial charge >= 0.3 is 0 Å². The highest BCUT2D eigenvalue weighted by Crippen LogP contribution is 2.38. The molecule has 184 valence electrons. The van der Waals surface area contributed by atoms with Gasteiger partial charge in [0, 0.05) is 22.9 Å². The molecule has 4 aromatic rings. The normalized spacial score (nSPS) is 11.9. The lowest BCUT2D eigenvalue weighted by atomic mass is 10.1. The van der Waals surface area contributed by atoms with Crippen LogP contribution in [0, 0.1) is 6.92 Å². The molecule has 1 amide bonds. The van der Waals surface area contributed by atoms with E-state index in [2.05, 4.69) is 10.3 Å². The molecule has 1 aliphatic heterocycles. The van der Waals surface area contributed by atoms with E-state index in [9.17, 15) is 4.79 Å². The molecule has 3 aromatic carbocycles. The summed E-state index contributed by atoms with van der Waals surface area (Å²) in [6, 6.07) is 19.1. The number of rotatable bonds is 8. The van der Waals surface area contributed by atoms with Crippen LogP contribution in [0.3, 0.4) is 0 Å². The van der Waals surface area contributed by atoms with E-state index in [0.29, 0.717) is 33.7 Å². The number of hydrogen-bond donors (Lipinski definition) is 2. The third kappa shape index (κ3) is 4.96. The largest absolute Gasteiger partial charge is 0.493 e. The van der Waals surface area contributed by atoms with Crippen molar-refractivity contribution in [1.82, 2.24) is 9.97 Å². The van der Waals surface area contributed by atoms with Crippen molar-refractivity contribution in [2.75, 3.05) is 32.1 Å². The topological polar surface area (TPSA) is 94.7 Å². The first-order valence-electron chi connectivity index (χ1n) is 11.3. The molecule has 0 atom stereocenters. The van der Waals surface area contributed by atoms with Crippen LogP contribution < -0.4 is 24.3 Å². The maximum Gasteiger partial charge on any atom is 0.234 e. The fourth-order valence-corrected chi connectivity index (χ4v) is 4.61. The number of thioether (sulfide) groups is 1. The molecule has 0 fully saturated rings. The summed E-state index contributed by atoms with van der Waals surface area (Å²) in [4.78, 5) is 21.0. The van der Waals surface area contributed by atoms with Crippen molar-refractivity contribution in [2.24, 2.45) is 0 Å². The van der Waals surface area contributed by atoms with Crippen LogP contribution in [0.2, 0.25) is 0 Å². The van der Waals surface area contributed by atoms with Gasteiger partial charge in [-0.2, -0.15) is 0 Å². The number of anilines is 1. The van der Waals surface area contributed by atoms with Gasteiger partial charge in [-0.1, -0.05) is 41.6 Å². The second-order valence-corrected chi connectivity index (χ2v) is 9.07. The van der Waals surface area contributed by atoms with Gasteiger partial charge in [-0.3, -0.25) is 4.79 Å². The molecular weight excluding hydrogens is 478 g/mol. The van der Waals surface area contributed by atoms with E-state index < -0.39 is 0 Å². The fourth-order valence-electron chi connectivity index (χ4n) is 3.80. The molecule has 8 nitrogen and oxygen atoms in total. The molecule has 9 heteroatoms. The van der Waals surface area contributed by atoms with Crippen molar-refractivity contribution < 1.29 is 23.7 Å². The smallest absolute Gasteiger partial charge is 0.234 e. The molecule has 2 heterocycles. The van der Waals surface area contributed by atoms with Gasteiger partial charge in [0.15, 0.2) is 23.0 Å². The number of carbonyl (C=O) groups is 1. The summed E-state index contributed by atoms with van der Waals surface area (Å²) in [5, 5.41) is 3.62. The van der Waals surface area contributed by atoms with Crippen LogP contribution in [0.4, 0.5) is 5.69 Å². The highest BCUT2D eigenvalue weighted by atomic mass is 32.2. The molecule has 0 unspecified atom stereocenters. The number of H-pyrrole nitrogens is 1. The Bertz CT molecular complexity index is 1400. The molecule has 0 bridgehead atoms. The van der Waals surface area contributed by atoms with E-state index in [-0.39, 0.29) is 18.5 Å². The first-order chi connectivity index (χ1) is 17.5. The molecule has 36 heavy (non-hydrogen) atoms. The Morgan fingerprint density at radius 1 is 0.972 bits per heavy atom. The van der Waals surface area contributed by atoms with Crippen LogP contribution in [0.25, 0.3) is 22.6 Å². The van der Waals surface area contributed by atoms with Gasteiger partial charge in [-0.15, -0.1) is 0 Å². The third-order valence-corrected chi connectivity index (χ3v) is 6.64. The van der Waals surface area contributed by atoms with Gasteiger partial charge in [-0.25, -0.2) is 4.98 Å². The maximum atomic E-state index is 12.8. The third-order valence-electron chi connectivity index (χ3n) is 5.66. The predicted molar refractivity (Wildman–Crippen MR) is 139 cm³/mol. The van der Waals surface area contributed by atoms with Gasteiger partial charge in [0.05, 0.1) is 25.7 Å². The number of nitrogens with zero attached hydrogens (tertiary/aromatic N) is 1. The molecule has 5 rings (SSSR count). The molecule has 1 aromatic heterocycles. The van der Waals surface area contributed by atoms with Gasteiger partial charge in [0.1, 0.15) is 10.9 Å². The molecule has 2 N–H and O–H groups in total. The molecule has 0 aliphatic carbocycles. The minimum atomic E-state index is -0.156. The van der Waals surface area contributed by atoms with Crippen LogP contribution in [-0.2, 0) is 4.79 Å². The molecule has 0 saturated carbocycles. The van der Waals surface area contributed by atoms with Crippen molar-refractivity contribution in [3.05, 3.63) is 66.2 Å². The van der Waals surface area contributed by atoms with E-state index in [0.717, 1.165) is 22.6 Å². The Morgan fingerprint density at radius 2 is 1.72 bits per heavy atom. The van der Waals surface area contributed by atoms with E-state index in [1.54, 1.807) is 32.4 Å². The SMILES string of the molecule is COc1ccc(-c2[nH]c(-c3ccc(C)cc3)nc2SCC(=O)Nc2ccc3c(c2)OCO3)cc1OC. The van der Waals surface area contributed by atoms with Crippen molar-refractivity contribution in [3.63, 3.8) is 0 Å². The van der Waals surface area contributed by atoms with Crippen LogP contribution in [0.15, 0.2) is 65.7 Å². The Morgan fingerprint density at radius 3 is 2.50 bits per heavy atom. The van der Waals surface area contributed by atoms with E-state index >= 15 is 0 Å². The van der Waals surface area contributed by atoms with E-state index in [1.807, 2.05) is 49.4 Å². The lowest BCUT2D eigenvalue weighted by molar-refractivity contribution is -0.113. The summed E-state index contributed by atoms with van der Waals surface area (Å²) in [6.45, 7) is 2.23. The summed E-state index contributed by atoms with van der Waals surface area (Å²) in [7, 11) is 3.20. The number of benzene rings is 3. The predicted octanol–water partition coefficient (Wildman–Crippen LogP) is 5.53. The second kappa shape index (κ2) is 10.2. The van der Waals surface area contributed by atoms with Gasteiger partial charge < -0.3 is 29.2 Å². The zero-order chi connectivity index (χ0) is 25.1. The Hall–Kier alpha value is -4.11. The Balaban J connectivity index is 1.40. The first-order valence-corrected chi connectivity index (χ1v) is 12.2. The molecular formula is C27H25N3O5S. The van der Waals surface area contributed by atoms with E-state index in [4.69, 9.17) is 23.9 Å². The summed E-state index contributed by atoms with van der Waals surface area (Å²) in [6.07, 6.45) is 0. The number of fused-ring (bicyclic) bond motifs is 1. The molecule has 0 saturated heterocycles. The zero-order valence-electron chi connectivity index (χ0n) is 20.1. The number of carbonyl (C=O) groups excluding carboxylic acids is 1. The van der Waals surface area contributed by atoms with Crippen LogP contribution >= 0.6 is 11.8 Å². The summed E-state index contributed by atoms with van der Waals surface area (Å²) < 4.78 is 21.6. The average molecular weight is 504 g/mol. The number of aryl methyl sites for hydroxylation is 1. The van der Waals surface area contributed by atoms with Crippen molar-refractivity contribution in [3.8, 4) is 45.6 Å². The van der Waals surface area contributed by atoms with Crippen molar-refractivity contribution in [1.29, 1.82) is 0 Å². The number of ether oxygens (including phenoxy) is 4. The van der Waals surface area contributed by atoms with E-state index in [1.165, 1.54) is 17.3 Å². The number of hydrogen-bond acceptors (Lipinski definition) is 7. The summed E-state index contributed by atoms with van der Waals surface area (Å²) in [5.41, 5.74) is 4.44. The Labute approximate surface area is 213 Å². The zero-order valence-corrected chi connectivity index (χ0v) is 20.9.